The zero-order valence-corrected chi connectivity index (χ0v) is 15.9. The number of nitrogens with zero attached hydrogens (tertiary/aromatic N) is 3. The molecule has 27 heavy (non-hydrogen) atoms. The second kappa shape index (κ2) is 10.4. The average molecular weight is 366 g/mol. The van der Waals surface area contributed by atoms with Crippen molar-refractivity contribution in [2.45, 2.75) is 39.7 Å². The van der Waals surface area contributed by atoms with Crippen LogP contribution in [0, 0.1) is 17.2 Å². The molecule has 1 aliphatic rings. The van der Waals surface area contributed by atoms with Gasteiger partial charge in [-0.15, -0.1) is 0 Å². The molecule has 0 amide bonds. The van der Waals surface area contributed by atoms with Gasteiger partial charge in [-0.1, -0.05) is 38.2 Å². The molecule has 6 heteroatoms. The van der Waals surface area contributed by atoms with Crippen molar-refractivity contribution in [1.82, 2.24) is 14.9 Å². The summed E-state index contributed by atoms with van der Waals surface area (Å²) in [5.41, 5.74) is 1.78. The number of ketones is 1. The molecule has 0 saturated carbocycles. The van der Waals surface area contributed by atoms with Gasteiger partial charge in [0, 0.05) is 43.3 Å². The Hall–Kier alpha value is -2.78. The molecule has 2 rings (SSSR count). The molecule has 1 unspecified atom stereocenters. The third kappa shape index (κ3) is 6.15. The van der Waals surface area contributed by atoms with Gasteiger partial charge < -0.3 is 4.98 Å². The topological polar surface area (TPSA) is 89.8 Å². The normalized spacial score (nSPS) is 14.9. The SMILES string of the molecule is CCN(CCC(C)C(=O)CC1=C(C#N)CC=CC=C1)Cc1ncc[nH]c1=O. The average Bonchev–Trinajstić information content (AvgIpc) is 2.91. The van der Waals surface area contributed by atoms with Crippen LogP contribution in [0.4, 0.5) is 0 Å². The van der Waals surface area contributed by atoms with Crippen LogP contribution in [0.15, 0.2) is 52.6 Å². The smallest absolute Gasteiger partial charge is 0.270 e. The summed E-state index contributed by atoms with van der Waals surface area (Å²) < 4.78 is 0. The molecular formula is C21H26N4O2. The van der Waals surface area contributed by atoms with Crippen molar-refractivity contribution in [3.05, 3.63) is 63.9 Å². The Morgan fingerprint density at radius 3 is 2.96 bits per heavy atom. The fourth-order valence-corrected chi connectivity index (χ4v) is 2.91. The van der Waals surface area contributed by atoms with Crippen LogP contribution in [-0.2, 0) is 11.3 Å². The minimum Gasteiger partial charge on any atom is -0.326 e. The molecular weight excluding hydrogens is 340 g/mol. The number of nitrogens with one attached hydrogen (secondary N) is 1. The van der Waals surface area contributed by atoms with Crippen molar-refractivity contribution in [2.24, 2.45) is 5.92 Å². The Labute approximate surface area is 159 Å². The molecule has 1 N–H and O–H groups in total. The van der Waals surface area contributed by atoms with E-state index in [9.17, 15) is 14.9 Å². The molecule has 0 radical (unpaired) electrons. The second-order valence-electron chi connectivity index (χ2n) is 6.67. The molecule has 142 valence electrons. The molecule has 1 heterocycles. The van der Waals surface area contributed by atoms with Crippen LogP contribution in [0.5, 0.6) is 0 Å². The zero-order chi connectivity index (χ0) is 19.6. The first-order chi connectivity index (χ1) is 13.0. The Balaban J connectivity index is 1.91. The van der Waals surface area contributed by atoms with E-state index in [1.807, 2.05) is 38.2 Å². The Bertz CT molecular complexity index is 842. The van der Waals surface area contributed by atoms with E-state index < -0.39 is 0 Å². The third-order valence-corrected chi connectivity index (χ3v) is 4.78. The lowest BCUT2D eigenvalue weighted by atomic mass is 9.93. The van der Waals surface area contributed by atoms with E-state index in [1.54, 1.807) is 6.20 Å². The Morgan fingerprint density at radius 2 is 2.26 bits per heavy atom. The second-order valence-corrected chi connectivity index (χ2v) is 6.67. The molecule has 1 atom stereocenters. The van der Waals surface area contributed by atoms with Crippen LogP contribution in [0.3, 0.4) is 0 Å². The molecule has 0 saturated heterocycles. The molecule has 0 aromatic carbocycles. The Kier molecular flexibility index (Phi) is 7.90. The highest BCUT2D eigenvalue weighted by Gasteiger charge is 2.18. The quantitative estimate of drug-likeness (QED) is 0.726. The maximum Gasteiger partial charge on any atom is 0.270 e. The molecule has 1 aromatic rings. The highest BCUT2D eigenvalue weighted by Crippen LogP contribution is 2.20. The number of nitriles is 1. The molecule has 1 aliphatic carbocycles. The van der Waals surface area contributed by atoms with Gasteiger partial charge in [0.25, 0.3) is 5.56 Å². The van der Waals surface area contributed by atoms with Crippen LogP contribution >= 0.6 is 0 Å². The van der Waals surface area contributed by atoms with Gasteiger partial charge in [-0.25, -0.2) is 0 Å². The number of carbonyl (C=O) groups is 1. The number of Topliss-reactive ketones (excluding diaryl/α,β-unsaturated/α-hetero) is 1. The van der Waals surface area contributed by atoms with E-state index in [1.165, 1.54) is 6.20 Å². The molecule has 0 spiro atoms. The minimum atomic E-state index is -0.176. The summed E-state index contributed by atoms with van der Waals surface area (Å²) >= 11 is 0. The van der Waals surface area contributed by atoms with Gasteiger partial charge in [-0.05, 0) is 25.1 Å². The predicted octanol–water partition coefficient (Wildman–Crippen LogP) is 2.91. The number of aromatic nitrogens is 2. The summed E-state index contributed by atoms with van der Waals surface area (Å²) in [6.07, 6.45) is 12.2. The fraction of sp³-hybridized carbons (Fsp3) is 0.429. The van der Waals surface area contributed by atoms with E-state index >= 15 is 0 Å². The van der Waals surface area contributed by atoms with Crippen LogP contribution in [0.2, 0.25) is 0 Å². The van der Waals surface area contributed by atoms with E-state index in [0.717, 1.165) is 12.1 Å². The van der Waals surface area contributed by atoms with Gasteiger partial charge in [0.05, 0.1) is 6.07 Å². The van der Waals surface area contributed by atoms with Crippen molar-refractivity contribution in [1.29, 1.82) is 5.26 Å². The number of rotatable bonds is 9. The monoisotopic (exact) mass is 366 g/mol. The first-order valence-corrected chi connectivity index (χ1v) is 9.28. The number of carbonyl (C=O) groups excluding carboxylic acids is 1. The molecule has 1 aromatic heterocycles. The summed E-state index contributed by atoms with van der Waals surface area (Å²) in [4.78, 5) is 33.3. The van der Waals surface area contributed by atoms with E-state index in [2.05, 4.69) is 20.9 Å². The van der Waals surface area contributed by atoms with Gasteiger partial charge in [-0.2, -0.15) is 5.26 Å². The highest BCUT2D eigenvalue weighted by atomic mass is 16.1. The van der Waals surface area contributed by atoms with Crippen molar-refractivity contribution in [3.63, 3.8) is 0 Å². The predicted molar refractivity (Wildman–Crippen MR) is 105 cm³/mol. The van der Waals surface area contributed by atoms with Crippen LogP contribution in [0.25, 0.3) is 0 Å². The van der Waals surface area contributed by atoms with Crippen LogP contribution < -0.4 is 5.56 Å². The largest absolute Gasteiger partial charge is 0.326 e. The first-order valence-electron chi connectivity index (χ1n) is 9.28. The summed E-state index contributed by atoms with van der Waals surface area (Å²) in [6, 6.07) is 2.21. The molecule has 0 bridgehead atoms. The van der Waals surface area contributed by atoms with Gasteiger partial charge in [0.1, 0.15) is 11.5 Å². The maximum atomic E-state index is 12.6. The molecule has 0 fully saturated rings. The van der Waals surface area contributed by atoms with Crippen LogP contribution in [0.1, 0.15) is 38.8 Å². The zero-order valence-electron chi connectivity index (χ0n) is 15.9. The number of H-pyrrole nitrogens is 1. The van der Waals surface area contributed by atoms with Crippen molar-refractivity contribution < 1.29 is 4.79 Å². The van der Waals surface area contributed by atoms with Crippen molar-refractivity contribution in [3.8, 4) is 6.07 Å². The van der Waals surface area contributed by atoms with Gasteiger partial charge >= 0.3 is 0 Å². The summed E-state index contributed by atoms with van der Waals surface area (Å²) in [5, 5.41) is 9.28. The third-order valence-electron chi connectivity index (χ3n) is 4.78. The lowest BCUT2D eigenvalue weighted by Crippen LogP contribution is -2.30. The van der Waals surface area contributed by atoms with Crippen molar-refractivity contribution in [2.75, 3.05) is 13.1 Å². The van der Waals surface area contributed by atoms with Crippen molar-refractivity contribution >= 4 is 5.78 Å². The number of hydrogen-bond donors (Lipinski definition) is 1. The summed E-state index contributed by atoms with van der Waals surface area (Å²) in [5.74, 6) is 0.0224. The van der Waals surface area contributed by atoms with E-state index in [0.29, 0.717) is 37.2 Å². The summed E-state index contributed by atoms with van der Waals surface area (Å²) in [6.45, 7) is 5.90. The lowest BCUT2D eigenvalue weighted by Gasteiger charge is -2.21. The number of allylic oxidation sites excluding steroid dienone is 6. The minimum absolute atomic E-state index is 0.113. The first kappa shape index (κ1) is 20.5. The standard InChI is InChI=1S/C21H26N4O2/c1-3-25(15-19-21(27)24-11-10-23-19)12-9-16(2)20(26)13-17-7-5-4-6-8-18(17)14-22/h4-7,10-11,16H,3,8-9,12-13,15H2,1-2H3,(H,24,27). The lowest BCUT2D eigenvalue weighted by molar-refractivity contribution is -0.121. The highest BCUT2D eigenvalue weighted by molar-refractivity contribution is 5.84. The Morgan fingerprint density at radius 1 is 1.44 bits per heavy atom. The van der Waals surface area contributed by atoms with Gasteiger partial charge in [-0.3, -0.25) is 19.5 Å². The van der Waals surface area contributed by atoms with Gasteiger partial charge in [0.15, 0.2) is 0 Å². The van der Waals surface area contributed by atoms with Gasteiger partial charge in [0.2, 0.25) is 0 Å². The van der Waals surface area contributed by atoms with E-state index in [4.69, 9.17) is 0 Å². The van der Waals surface area contributed by atoms with E-state index in [-0.39, 0.29) is 23.7 Å². The molecule has 6 nitrogen and oxygen atoms in total. The number of aromatic amines is 1. The maximum absolute atomic E-state index is 12.6. The molecule has 0 aliphatic heterocycles. The van der Waals surface area contributed by atoms with Crippen LogP contribution in [-0.4, -0.2) is 33.7 Å². The summed E-state index contributed by atoms with van der Waals surface area (Å²) in [7, 11) is 0. The number of hydrogen-bond acceptors (Lipinski definition) is 5. The fourth-order valence-electron chi connectivity index (χ4n) is 2.91.